The van der Waals surface area contributed by atoms with E-state index in [0.29, 0.717) is 16.4 Å². The molecule has 2 heterocycles. The lowest BCUT2D eigenvalue weighted by molar-refractivity contribution is -0.384. The normalized spacial score (nSPS) is 22.6. The number of benzene rings is 1. The van der Waals surface area contributed by atoms with E-state index in [1.165, 1.54) is 42.0 Å². The van der Waals surface area contributed by atoms with E-state index in [2.05, 4.69) is 4.99 Å². The number of carbonyl (C=O) groups excluding carboxylic acids is 2. The molecule has 0 N–H and O–H groups in total. The van der Waals surface area contributed by atoms with Crippen molar-refractivity contribution in [2.45, 2.75) is 25.1 Å². The average molecular weight is 361 g/mol. The maximum absolute atomic E-state index is 12.6. The lowest BCUT2D eigenvalue weighted by atomic mass is 9.94. The molecule has 1 aromatic carbocycles. The number of esters is 1. The Morgan fingerprint density at radius 1 is 1.44 bits per heavy atom. The van der Waals surface area contributed by atoms with Gasteiger partial charge in [0.2, 0.25) is 5.91 Å². The third-order valence-electron chi connectivity index (χ3n) is 4.06. The molecule has 1 saturated heterocycles. The van der Waals surface area contributed by atoms with Crippen molar-refractivity contribution < 1.29 is 19.2 Å². The number of nitrogens with zero attached hydrogens (tertiary/aromatic N) is 3. The minimum Gasteiger partial charge on any atom is -0.466 e. The highest BCUT2D eigenvalue weighted by Crippen LogP contribution is 2.43. The lowest BCUT2D eigenvalue weighted by Crippen LogP contribution is -2.40. The van der Waals surface area contributed by atoms with E-state index in [0.717, 1.165) is 0 Å². The number of methoxy groups -OCH3 is 1. The zero-order chi connectivity index (χ0) is 18.3. The first-order valence-corrected chi connectivity index (χ1v) is 8.35. The summed E-state index contributed by atoms with van der Waals surface area (Å²) in [6.07, 6.45) is 0. The summed E-state index contributed by atoms with van der Waals surface area (Å²) in [7, 11) is 1.25. The van der Waals surface area contributed by atoms with Crippen LogP contribution in [0.2, 0.25) is 0 Å². The van der Waals surface area contributed by atoms with Crippen molar-refractivity contribution >= 4 is 34.5 Å². The van der Waals surface area contributed by atoms with Gasteiger partial charge in [-0.3, -0.25) is 19.8 Å². The second-order valence-electron chi connectivity index (χ2n) is 5.61. The summed E-state index contributed by atoms with van der Waals surface area (Å²) < 4.78 is 4.86. The van der Waals surface area contributed by atoms with Crippen molar-refractivity contribution in [3.8, 4) is 0 Å². The zero-order valence-electron chi connectivity index (χ0n) is 13.8. The molecule has 0 aliphatic carbocycles. The third kappa shape index (κ3) is 2.80. The fraction of sp³-hybridized carbons (Fsp3) is 0.312. The van der Waals surface area contributed by atoms with E-state index in [1.807, 2.05) is 0 Å². The Morgan fingerprint density at radius 2 is 2.16 bits per heavy atom. The van der Waals surface area contributed by atoms with E-state index < -0.39 is 16.9 Å². The molecule has 0 bridgehead atoms. The summed E-state index contributed by atoms with van der Waals surface area (Å²) in [6, 6.07) is 5.10. The molecule has 9 heteroatoms. The summed E-state index contributed by atoms with van der Waals surface area (Å²) in [5, 5.41) is 11.3. The van der Waals surface area contributed by atoms with E-state index >= 15 is 0 Å². The van der Waals surface area contributed by atoms with Crippen molar-refractivity contribution in [2.24, 2.45) is 4.99 Å². The van der Waals surface area contributed by atoms with Crippen LogP contribution in [0.3, 0.4) is 0 Å². The molecule has 25 heavy (non-hydrogen) atoms. The van der Waals surface area contributed by atoms with Crippen molar-refractivity contribution in [3.05, 3.63) is 51.2 Å². The van der Waals surface area contributed by atoms with E-state index in [9.17, 15) is 19.7 Å². The van der Waals surface area contributed by atoms with E-state index in [1.54, 1.807) is 19.9 Å². The number of aliphatic imine (C=N–C) groups is 1. The Kier molecular flexibility index (Phi) is 4.34. The lowest BCUT2D eigenvalue weighted by Gasteiger charge is -2.32. The molecule has 0 unspecified atom stereocenters. The summed E-state index contributed by atoms with van der Waals surface area (Å²) in [5.41, 5.74) is 0.985. The molecule has 1 amide bonds. The van der Waals surface area contributed by atoms with Gasteiger partial charge >= 0.3 is 5.97 Å². The first kappa shape index (κ1) is 17.2. The highest BCUT2D eigenvalue weighted by molar-refractivity contribution is 8.15. The molecule has 3 rings (SSSR count). The number of fused-ring (bicyclic) bond motifs is 1. The molecule has 130 valence electrons. The number of amidine groups is 1. The Hall–Kier alpha value is -2.68. The first-order valence-electron chi connectivity index (χ1n) is 7.47. The molecule has 1 aromatic rings. The van der Waals surface area contributed by atoms with Gasteiger partial charge in [-0.25, -0.2) is 9.79 Å². The number of amides is 1. The van der Waals surface area contributed by atoms with Gasteiger partial charge in [0, 0.05) is 12.1 Å². The molecule has 2 aliphatic heterocycles. The second kappa shape index (κ2) is 6.32. The highest BCUT2D eigenvalue weighted by atomic mass is 32.2. The number of carbonyl (C=O) groups is 2. The number of hydrogen-bond donors (Lipinski definition) is 0. The van der Waals surface area contributed by atoms with Gasteiger partial charge in [0.05, 0.1) is 34.6 Å². The molecular weight excluding hydrogens is 346 g/mol. The molecule has 1 fully saturated rings. The highest BCUT2D eigenvalue weighted by Gasteiger charge is 2.46. The number of nitro benzene ring substituents is 1. The fourth-order valence-electron chi connectivity index (χ4n) is 2.90. The van der Waals surface area contributed by atoms with Crippen LogP contribution in [0.4, 0.5) is 5.69 Å². The van der Waals surface area contributed by atoms with E-state index in [-0.39, 0.29) is 22.4 Å². The van der Waals surface area contributed by atoms with Gasteiger partial charge in [0.25, 0.3) is 5.69 Å². The van der Waals surface area contributed by atoms with Crippen LogP contribution in [0.25, 0.3) is 0 Å². The van der Waals surface area contributed by atoms with Gasteiger partial charge in [-0.1, -0.05) is 23.9 Å². The molecule has 0 radical (unpaired) electrons. The number of rotatable bonds is 3. The van der Waals surface area contributed by atoms with Gasteiger partial charge in [-0.05, 0) is 19.4 Å². The second-order valence-corrected chi connectivity index (χ2v) is 6.92. The van der Waals surface area contributed by atoms with Crippen molar-refractivity contribution in [1.29, 1.82) is 0 Å². The number of thioether (sulfide) groups is 1. The molecule has 2 aliphatic rings. The number of non-ortho nitro benzene ring substituents is 1. The standard InChI is InChI=1S/C16H15N3O5S/c1-8-12(15(21)24-3)13(10-5-4-6-11(7-10)19(22)23)18-14(20)9(2)25-16(18)17-8/h4-7,9,13H,1-3H3/t9-,13-/m0/s1. The minimum absolute atomic E-state index is 0.115. The molecule has 0 aromatic heterocycles. The maximum atomic E-state index is 12.6. The Balaban J connectivity index is 2.20. The molecule has 0 saturated carbocycles. The summed E-state index contributed by atoms with van der Waals surface area (Å²) in [6.45, 7) is 3.42. The smallest absolute Gasteiger partial charge is 0.338 e. The van der Waals surface area contributed by atoms with Crippen LogP contribution in [0.15, 0.2) is 40.5 Å². The molecule has 2 atom stereocenters. The van der Waals surface area contributed by atoms with Crippen LogP contribution in [-0.4, -0.2) is 39.2 Å². The first-order chi connectivity index (χ1) is 11.8. The summed E-state index contributed by atoms with van der Waals surface area (Å²) >= 11 is 1.30. The zero-order valence-corrected chi connectivity index (χ0v) is 14.6. The van der Waals surface area contributed by atoms with Gasteiger partial charge in [0.1, 0.15) is 0 Å². The Bertz CT molecular complexity index is 848. The van der Waals surface area contributed by atoms with Crippen molar-refractivity contribution in [2.75, 3.05) is 7.11 Å². The molecular formula is C16H15N3O5S. The number of nitro groups is 1. The number of hydrogen-bond acceptors (Lipinski definition) is 7. The Labute approximate surface area is 147 Å². The number of ether oxygens (including phenoxy) is 1. The van der Waals surface area contributed by atoms with Crippen LogP contribution >= 0.6 is 11.8 Å². The van der Waals surface area contributed by atoms with Crippen LogP contribution in [0.5, 0.6) is 0 Å². The van der Waals surface area contributed by atoms with Gasteiger partial charge in [-0.15, -0.1) is 0 Å². The van der Waals surface area contributed by atoms with Crippen LogP contribution < -0.4 is 0 Å². The SMILES string of the molecule is COC(=O)C1=C(C)N=C2S[C@@H](C)C(=O)N2[C@H]1c1cccc([N+](=O)[O-])c1. The van der Waals surface area contributed by atoms with E-state index in [4.69, 9.17) is 4.74 Å². The van der Waals surface area contributed by atoms with Crippen LogP contribution in [0.1, 0.15) is 25.5 Å². The summed E-state index contributed by atoms with van der Waals surface area (Å²) in [5.74, 6) is -0.816. The minimum atomic E-state index is -0.801. The largest absolute Gasteiger partial charge is 0.466 e. The topological polar surface area (TPSA) is 102 Å². The van der Waals surface area contributed by atoms with Crippen LogP contribution in [0, 0.1) is 10.1 Å². The monoisotopic (exact) mass is 361 g/mol. The third-order valence-corrected chi connectivity index (χ3v) is 5.11. The van der Waals surface area contributed by atoms with Crippen molar-refractivity contribution in [3.63, 3.8) is 0 Å². The fourth-order valence-corrected chi connectivity index (χ4v) is 3.93. The van der Waals surface area contributed by atoms with Crippen LogP contribution in [-0.2, 0) is 14.3 Å². The van der Waals surface area contributed by atoms with Gasteiger partial charge in [-0.2, -0.15) is 0 Å². The molecule has 8 nitrogen and oxygen atoms in total. The maximum Gasteiger partial charge on any atom is 0.338 e. The van der Waals surface area contributed by atoms with Gasteiger partial charge in [0.15, 0.2) is 5.17 Å². The summed E-state index contributed by atoms with van der Waals surface area (Å²) in [4.78, 5) is 41.3. The predicted molar refractivity (Wildman–Crippen MR) is 91.9 cm³/mol. The Morgan fingerprint density at radius 3 is 2.80 bits per heavy atom. The predicted octanol–water partition coefficient (Wildman–Crippen LogP) is 2.42. The quantitative estimate of drug-likeness (QED) is 0.465. The number of allylic oxidation sites excluding steroid dienone is 1. The van der Waals surface area contributed by atoms with Gasteiger partial charge < -0.3 is 4.74 Å². The average Bonchev–Trinajstić information content (AvgIpc) is 2.87. The molecule has 0 spiro atoms. The van der Waals surface area contributed by atoms with Crippen molar-refractivity contribution in [1.82, 2.24) is 4.90 Å².